The van der Waals surface area contributed by atoms with Crippen LogP contribution in [0.2, 0.25) is 0 Å². The van der Waals surface area contributed by atoms with Gasteiger partial charge in [0.25, 0.3) is 0 Å². The zero-order chi connectivity index (χ0) is 23.4. The quantitative estimate of drug-likeness (QED) is 0.148. The third-order valence-electron chi connectivity index (χ3n) is 5.72. The van der Waals surface area contributed by atoms with Crippen LogP contribution in [0, 0.1) is 0 Å². The van der Waals surface area contributed by atoms with Gasteiger partial charge < -0.3 is 19.7 Å². The van der Waals surface area contributed by atoms with Crippen molar-refractivity contribution in [2.45, 2.75) is 43.8 Å². The number of rotatable bonds is 13. The van der Waals surface area contributed by atoms with E-state index in [1.807, 2.05) is 54.6 Å². The first-order valence-electron chi connectivity index (χ1n) is 11.5. The van der Waals surface area contributed by atoms with Crippen LogP contribution in [0.3, 0.4) is 0 Å². The van der Waals surface area contributed by atoms with Crippen LogP contribution in [0.15, 0.2) is 103 Å². The second-order valence-corrected chi connectivity index (χ2v) is 8.06. The van der Waals surface area contributed by atoms with Crippen LogP contribution in [0.25, 0.3) is 0 Å². The third-order valence-corrected chi connectivity index (χ3v) is 5.72. The van der Waals surface area contributed by atoms with Crippen molar-refractivity contribution >= 4 is 6.29 Å². The molecule has 1 unspecified atom stereocenters. The van der Waals surface area contributed by atoms with Gasteiger partial charge in [0, 0.05) is 6.42 Å². The van der Waals surface area contributed by atoms with E-state index >= 15 is 0 Å². The number of aliphatic hydroxyl groups is 2. The summed E-state index contributed by atoms with van der Waals surface area (Å²) in [5, 5.41) is 19.6. The molecule has 0 aromatic heterocycles. The monoisotopic (exact) mass is 444 g/mol. The maximum absolute atomic E-state index is 10.6. The average molecular weight is 445 g/mol. The largest absolute Gasteiger partial charge is 0.510 e. The normalized spacial score (nSPS) is 12.9. The number of carbonyl (C=O) groups is 1. The van der Waals surface area contributed by atoms with Crippen LogP contribution in [-0.2, 0) is 15.1 Å². The van der Waals surface area contributed by atoms with Gasteiger partial charge in [-0.15, -0.1) is 0 Å². The summed E-state index contributed by atoms with van der Waals surface area (Å²) < 4.78 is 6.96. The molecule has 0 aliphatic carbocycles. The summed E-state index contributed by atoms with van der Waals surface area (Å²) >= 11 is 0. The Bertz CT molecular complexity index is 887. The molecule has 3 aromatic carbocycles. The highest BCUT2D eigenvalue weighted by Crippen LogP contribution is 2.42. The third kappa shape index (κ3) is 6.41. The summed E-state index contributed by atoms with van der Waals surface area (Å²) in [6.07, 6.45) is 5.84. The van der Waals surface area contributed by atoms with Gasteiger partial charge in [0.15, 0.2) is 0 Å². The average Bonchev–Trinajstić information content (AvgIpc) is 2.88. The lowest BCUT2D eigenvalue weighted by atomic mass is 9.79. The van der Waals surface area contributed by atoms with Gasteiger partial charge >= 0.3 is 0 Å². The Morgan fingerprint density at radius 2 is 1.27 bits per heavy atom. The Morgan fingerprint density at radius 3 is 1.70 bits per heavy atom. The number of benzene rings is 3. The van der Waals surface area contributed by atoms with Crippen LogP contribution < -0.4 is 0 Å². The van der Waals surface area contributed by atoms with Gasteiger partial charge in [-0.2, -0.15) is 0 Å². The van der Waals surface area contributed by atoms with Crippen LogP contribution in [0.1, 0.15) is 48.8 Å². The molecular formula is C29H32O4. The molecule has 0 aliphatic heterocycles. The Morgan fingerprint density at radius 1 is 0.788 bits per heavy atom. The highest BCUT2D eigenvalue weighted by atomic mass is 16.5. The second-order valence-electron chi connectivity index (χ2n) is 8.06. The Labute approximate surface area is 196 Å². The van der Waals surface area contributed by atoms with Crippen LogP contribution in [0.5, 0.6) is 0 Å². The summed E-state index contributed by atoms with van der Waals surface area (Å²) in [7, 11) is 0. The van der Waals surface area contributed by atoms with Crippen LogP contribution in [0.4, 0.5) is 0 Å². The molecule has 0 saturated carbocycles. The lowest BCUT2D eigenvalue weighted by Crippen LogP contribution is -2.36. The van der Waals surface area contributed by atoms with Crippen molar-refractivity contribution in [3.63, 3.8) is 0 Å². The highest BCUT2D eigenvalue weighted by molar-refractivity contribution is 5.49. The topological polar surface area (TPSA) is 66.8 Å². The molecule has 0 amide bonds. The molecule has 0 fully saturated rings. The number of carbonyl (C=O) groups excluding carboxylic acids is 1. The summed E-state index contributed by atoms with van der Waals surface area (Å²) in [5.74, 6) is -0.115. The predicted octanol–water partition coefficient (Wildman–Crippen LogP) is 5.95. The van der Waals surface area contributed by atoms with Gasteiger partial charge in [-0.1, -0.05) is 104 Å². The van der Waals surface area contributed by atoms with E-state index in [4.69, 9.17) is 4.74 Å². The number of hydrogen-bond acceptors (Lipinski definition) is 4. The van der Waals surface area contributed by atoms with Gasteiger partial charge in [-0.3, -0.25) is 0 Å². The first-order chi connectivity index (χ1) is 16.2. The minimum absolute atomic E-state index is 0.115. The number of ether oxygens (including phenoxy) is 1. The van der Waals surface area contributed by atoms with E-state index in [1.54, 1.807) is 6.08 Å². The van der Waals surface area contributed by atoms with Crippen molar-refractivity contribution in [1.82, 2.24) is 0 Å². The van der Waals surface area contributed by atoms with Crippen LogP contribution in [-0.4, -0.2) is 29.2 Å². The van der Waals surface area contributed by atoms with E-state index < -0.39 is 18.3 Å². The van der Waals surface area contributed by atoms with E-state index in [-0.39, 0.29) is 5.76 Å². The number of aldehydes is 1. The lowest BCUT2D eigenvalue weighted by molar-refractivity contribution is -0.107. The van der Waals surface area contributed by atoms with Crippen molar-refractivity contribution in [2.24, 2.45) is 0 Å². The van der Waals surface area contributed by atoms with Crippen molar-refractivity contribution < 1.29 is 19.7 Å². The molecule has 0 saturated heterocycles. The zero-order valence-electron chi connectivity index (χ0n) is 18.8. The first kappa shape index (κ1) is 24.4. The lowest BCUT2D eigenvalue weighted by Gasteiger charge is -2.38. The van der Waals surface area contributed by atoms with Crippen molar-refractivity contribution in [3.8, 4) is 0 Å². The number of aliphatic hydroxyl groups excluding tert-OH is 2. The molecule has 3 rings (SSSR count). The van der Waals surface area contributed by atoms with Gasteiger partial charge in [0.1, 0.15) is 17.6 Å². The molecule has 4 nitrogen and oxygen atoms in total. The van der Waals surface area contributed by atoms with Crippen molar-refractivity contribution in [2.75, 3.05) is 6.61 Å². The Hall–Kier alpha value is -3.21. The highest BCUT2D eigenvalue weighted by Gasteiger charge is 2.39. The molecule has 33 heavy (non-hydrogen) atoms. The number of unbranched alkanes of at least 4 members (excludes halogenated alkanes) is 3. The molecule has 2 N–H and O–H groups in total. The minimum atomic E-state index is -0.913. The molecule has 1 atom stereocenters. The Balaban J connectivity index is 2.09. The SMILES string of the molecule is O=CCCCCCC(C=C(O)CO)OC(c1ccccc1)(c1ccccc1)c1ccccc1. The van der Waals surface area contributed by atoms with Crippen molar-refractivity contribution in [3.05, 3.63) is 120 Å². The van der Waals surface area contributed by atoms with Gasteiger partial charge in [0.2, 0.25) is 0 Å². The van der Waals surface area contributed by atoms with E-state index in [0.29, 0.717) is 12.8 Å². The van der Waals surface area contributed by atoms with E-state index in [2.05, 4.69) is 36.4 Å². The van der Waals surface area contributed by atoms with Gasteiger partial charge in [-0.25, -0.2) is 0 Å². The summed E-state index contributed by atoms with van der Waals surface area (Å²) in [6.45, 7) is -0.444. The maximum Gasteiger partial charge on any atom is 0.144 e. The molecule has 0 spiro atoms. The smallest absolute Gasteiger partial charge is 0.144 e. The van der Waals surface area contributed by atoms with E-state index in [9.17, 15) is 15.0 Å². The summed E-state index contributed by atoms with van der Waals surface area (Å²) in [6, 6.07) is 30.2. The molecular weight excluding hydrogens is 412 g/mol. The first-order valence-corrected chi connectivity index (χ1v) is 11.5. The van der Waals surface area contributed by atoms with E-state index in [1.165, 1.54) is 0 Å². The minimum Gasteiger partial charge on any atom is -0.510 e. The van der Waals surface area contributed by atoms with Crippen molar-refractivity contribution in [1.29, 1.82) is 0 Å². The molecule has 3 aromatic rings. The molecule has 0 bridgehead atoms. The van der Waals surface area contributed by atoms with Gasteiger partial charge in [-0.05, 0) is 35.6 Å². The number of hydrogen-bond donors (Lipinski definition) is 2. The summed E-state index contributed by atoms with van der Waals surface area (Å²) in [5.41, 5.74) is 2.02. The Kier molecular flexibility index (Phi) is 9.43. The van der Waals surface area contributed by atoms with E-state index in [0.717, 1.165) is 42.2 Å². The predicted molar refractivity (Wildman–Crippen MR) is 131 cm³/mol. The standard InChI is InChI=1S/C29H32O4/c30-21-13-2-1-12-20-28(22-27(32)23-31)33-29(24-14-6-3-7-15-24,25-16-8-4-9-17-25)26-18-10-5-11-19-26/h3-11,14-19,21-22,28,31-32H,1-2,12-13,20,23H2. The molecule has 172 valence electrons. The van der Waals surface area contributed by atoms with Gasteiger partial charge in [0.05, 0.1) is 12.7 Å². The molecule has 0 aliphatic rings. The molecule has 0 heterocycles. The fourth-order valence-electron chi connectivity index (χ4n) is 4.14. The fourth-order valence-corrected chi connectivity index (χ4v) is 4.14. The second kappa shape index (κ2) is 12.7. The molecule has 4 heteroatoms. The summed E-state index contributed by atoms with van der Waals surface area (Å²) in [4.78, 5) is 10.6. The fraction of sp³-hybridized carbons (Fsp3) is 0.276. The molecule has 0 radical (unpaired) electrons. The zero-order valence-corrected chi connectivity index (χ0v) is 18.8. The maximum atomic E-state index is 10.6. The van der Waals surface area contributed by atoms with Crippen LogP contribution >= 0.6 is 0 Å².